The summed E-state index contributed by atoms with van der Waals surface area (Å²) in [6, 6.07) is 9.62. The van der Waals surface area contributed by atoms with Crippen LogP contribution in [0.1, 0.15) is 18.4 Å². The Bertz CT molecular complexity index is 465. The molecule has 1 amide bonds. The van der Waals surface area contributed by atoms with Gasteiger partial charge in [-0.05, 0) is 5.56 Å². The molecule has 3 rings (SSSR count). The SMILES string of the molecule is O=C(OCc1ccccc1)N1CCOC2(CC(O)C2)C1. The summed E-state index contributed by atoms with van der Waals surface area (Å²) in [6.45, 7) is 1.85. The number of nitrogens with zero attached hydrogens (tertiary/aromatic N) is 1. The van der Waals surface area contributed by atoms with Gasteiger partial charge in [-0.3, -0.25) is 0 Å². The zero-order valence-corrected chi connectivity index (χ0v) is 11.3. The van der Waals surface area contributed by atoms with Crippen molar-refractivity contribution in [3.63, 3.8) is 0 Å². The monoisotopic (exact) mass is 277 g/mol. The number of carbonyl (C=O) groups is 1. The van der Waals surface area contributed by atoms with E-state index in [1.165, 1.54) is 0 Å². The van der Waals surface area contributed by atoms with Crippen LogP contribution in [0.2, 0.25) is 0 Å². The molecule has 5 nitrogen and oxygen atoms in total. The molecule has 20 heavy (non-hydrogen) atoms. The molecule has 1 aromatic rings. The maximum Gasteiger partial charge on any atom is 0.410 e. The van der Waals surface area contributed by atoms with Crippen molar-refractivity contribution >= 4 is 6.09 Å². The molecular formula is C15H19NO4. The summed E-state index contributed by atoms with van der Waals surface area (Å²) in [4.78, 5) is 13.7. The molecule has 108 valence electrons. The Kier molecular flexibility index (Phi) is 3.63. The van der Waals surface area contributed by atoms with Gasteiger partial charge in [0.25, 0.3) is 0 Å². The number of aliphatic hydroxyl groups is 1. The fourth-order valence-corrected chi connectivity index (χ4v) is 2.86. The molecule has 1 aliphatic carbocycles. The number of rotatable bonds is 2. The Labute approximate surface area is 118 Å². The maximum atomic E-state index is 12.1. The van der Waals surface area contributed by atoms with Crippen molar-refractivity contribution in [2.75, 3.05) is 19.7 Å². The van der Waals surface area contributed by atoms with E-state index in [1.54, 1.807) is 4.90 Å². The van der Waals surface area contributed by atoms with Crippen molar-refractivity contribution in [3.8, 4) is 0 Å². The van der Waals surface area contributed by atoms with Gasteiger partial charge in [-0.15, -0.1) is 0 Å². The van der Waals surface area contributed by atoms with E-state index in [0.29, 0.717) is 32.5 Å². The fourth-order valence-electron chi connectivity index (χ4n) is 2.86. The van der Waals surface area contributed by atoms with Gasteiger partial charge in [-0.1, -0.05) is 30.3 Å². The molecule has 1 aliphatic heterocycles. The molecular weight excluding hydrogens is 258 g/mol. The summed E-state index contributed by atoms with van der Waals surface area (Å²) in [5.74, 6) is 0. The van der Waals surface area contributed by atoms with Gasteiger partial charge in [0.1, 0.15) is 6.61 Å². The topological polar surface area (TPSA) is 59.0 Å². The first-order valence-electron chi connectivity index (χ1n) is 6.95. The Morgan fingerprint density at radius 3 is 2.85 bits per heavy atom. The first-order chi connectivity index (χ1) is 9.67. The Morgan fingerprint density at radius 1 is 1.40 bits per heavy atom. The number of amides is 1. The van der Waals surface area contributed by atoms with Gasteiger partial charge in [0.15, 0.2) is 0 Å². The molecule has 1 saturated carbocycles. The molecule has 1 N–H and O–H groups in total. The van der Waals surface area contributed by atoms with Crippen molar-refractivity contribution in [1.29, 1.82) is 0 Å². The molecule has 0 unspecified atom stereocenters. The van der Waals surface area contributed by atoms with Crippen molar-refractivity contribution in [3.05, 3.63) is 35.9 Å². The van der Waals surface area contributed by atoms with E-state index in [1.807, 2.05) is 30.3 Å². The summed E-state index contributed by atoms with van der Waals surface area (Å²) >= 11 is 0. The van der Waals surface area contributed by atoms with Crippen LogP contribution in [0.3, 0.4) is 0 Å². The predicted molar refractivity (Wildman–Crippen MR) is 72.1 cm³/mol. The first kappa shape index (κ1) is 13.4. The van der Waals surface area contributed by atoms with Crippen LogP contribution in [0.4, 0.5) is 4.79 Å². The van der Waals surface area contributed by atoms with Crippen LogP contribution in [-0.2, 0) is 16.1 Å². The average molecular weight is 277 g/mol. The molecule has 2 fully saturated rings. The van der Waals surface area contributed by atoms with E-state index in [-0.39, 0.29) is 24.4 Å². The van der Waals surface area contributed by atoms with Crippen LogP contribution in [0.15, 0.2) is 30.3 Å². The molecule has 5 heteroatoms. The lowest BCUT2D eigenvalue weighted by Crippen LogP contribution is -2.61. The van der Waals surface area contributed by atoms with Crippen LogP contribution >= 0.6 is 0 Å². The number of morpholine rings is 1. The molecule has 2 aliphatic rings. The second kappa shape index (κ2) is 5.42. The number of aliphatic hydroxyl groups excluding tert-OH is 1. The molecule has 1 aromatic carbocycles. The Morgan fingerprint density at radius 2 is 2.15 bits per heavy atom. The maximum absolute atomic E-state index is 12.1. The molecule has 1 saturated heterocycles. The van der Waals surface area contributed by atoms with Crippen LogP contribution in [0.5, 0.6) is 0 Å². The minimum atomic E-state index is -0.344. The zero-order chi connectivity index (χ0) is 14.0. The van der Waals surface area contributed by atoms with Gasteiger partial charge in [0.05, 0.1) is 24.9 Å². The van der Waals surface area contributed by atoms with Gasteiger partial charge in [0.2, 0.25) is 0 Å². The van der Waals surface area contributed by atoms with Crippen molar-refractivity contribution in [2.45, 2.75) is 31.2 Å². The molecule has 0 bridgehead atoms. The number of benzene rings is 1. The highest BCUT2D eigenvalue weighted by molar-refractivity contribution is 5.68. The highest BCUT2D eigenvalue weighted by atomic mass is 16.6. The smallest absolute Gasteiger partial charge is 0.410 e. The van der Waals surface area contributed by atoms with Crippen molar-refractivity contribution in [1.82, 2.24) is 4.90 Å². The lowest BCUT2D eigenvalue weighted by atomic mass is 9.76. The van der Waals surface area contributed by atoms with Crippen LogP contribution in [0.25, 0.3) is 0 Å². The minimum Gasteiger partial charge on any atom is -0.445 e. The van der Waals surface area contributed by atoms with Gasteiger partial charge in [-0.25, -0.2) is 4.79 Å². The van der Waals surface area contributed by atoms with E-state index >= 15 is 0 Å². The van der Waals surface area contributed by atoms with E-state index in [0.717, 1.165) is 5.56 Å². The second-order valence-corrected chi connectivity index (χ2v) is 5.56. The number of carbonyl (C=O) groups excluding carboxylic acids is 1. The molecule has 1 spiro atoms. The van der Waals surface area contributed by atoms with Crippen LogP contribution in [-0.4, -0.2) is 47.5 Å². The van der Waals surface area contributed by atoms with Crippen LogP contribution < -0.4 is 0 Å². The lowest BCUT2D eigenvalue weighted by molar-refractivity contribution is -0.187. The van der Waals surface area contributed by atoms with Gasteiger partial charge in [0, 0.05) is 19.4 Å². The summed E-state index contributed by atoms with van der Waals surface area (Å²) in [7, 11) is 0. The minimum absolute atomic E-state index is 0.284. The first-order valence-corrected chi connectivity index (χ1v) is 6.95. The molecule has 0 radical (unpaired) electrons. The number of hydrogen-bond donors (Lipinski definition) is 1. The second-order valence-electron chi connectivity index (χ2n) is 5.56. The van der Waals surface area contributed by atoms with Gasteiger partial charge >= 0.3 is 6.09 Å². The highest BCUT2D eigenvalue weighted by Crippen LogP contribution is 2.38. The average Bonchev–Trinajstić information content (AvgIpc) is 2.45. The van der Waals surface area contributed by atoms with Gasteiger partial charge in [-0.2, -0.15) is 0 Å². The standard InChI is InChI=1S/C15H19NO4/c17-13-8-15(9-13)11-16(6-7-20-15)14(18)19-10-12-4-2-1-3-5-12/h1-5,13,17H,6-11H2. The Hall–Kier alpha value is -1.59. The predicted octanol–water partition coefficient (Wildman–Crippen LogP) is 1.55. The lowest BCUT2D eigenvalue weighted by Gasteiger charge is -2.50. The number of ether oxygens (including phenoxy) is 2. The largest absolute Gasteiger partial charge is 0.445 e. The highest BCUT2D eigenvalue weighted by Gasteiger charge is 2.48. The molecule has 0 atom stereocenters. The molecule has 1 heterocycles. The van der Waals surface area contributed by atoms with E-state index < -0.39 is 0 Å². The Balaban J connectivity index is 1.52. The van der Waals surface area contributed by atoms with E-state index in [2.05, 4.69) is 0 Å². The summed E-state index contributed by atoms with van der Waals surface area (Å²) in [5, 5.41) is 9.43. The van der Waals surface area contributed by atoms with Crippen LogP contribution in [0, 0.1) is 0 Å². The third kappa shape index (κ3) is 2.78. The van der Waals surface area contributed by atoms with E-state index in [9.17, 15) is 9.90 Å². The number of hydrogen-bond acceptors (Lipinski definition) is 4. The third-order valence-corrected chi connectivity index (χ3v) is 3.93. The third-order valence-electron chi connectivity index (χ3n) is 3.93. The summed E-state index contributed by atoms with van der Waals surface area (Å²) < 4.78 is 11.0. The quantitative estimate of drug-likeness (QED) is 0.891. The van der Waals surface area contributed by atoms with Crippen molar-refractivity contribution < 1.29 is 19.4 Å². The summed E-state index contributed by atoms with van der Waals surface area (Å²) in [6.07, 6.45) is 0.610. The van der Waals surface area contributed by atoms with E-state index in [4.69, 9.17) is 9.47 Å². The zero-order valence-electron chi connectivity index (χ0n) is 11.3. The van der Waals surface area contributed by atoms with Gasteiger partial charge < -0.3 is 19.5 Å². The normalized spacial score (nSPS) is 29.1. The summed E-state index contributed by atoms with van der Waals surface area (Å²) in [5.41, 5.74) is 0.631. The fraction of sp³-hybridized carbons (Fsp3) is 0.533. The van der Waals surface area contributed by atoms with Crippen molar-refractivity contribution in [2.24, 2.45) is 0 Å². The molecule has 0 aromatic heterocycles.